The Kier molecular flexibility index (Phi) is 10.4. The Balaban J connectivity index is 4.23. The summed E-state index contributed by atoms with van der Waals surface area (Å²) >= 11 is 0. The van der Waals surface area contributed by atoms with E-state index in [1.807, 2.05) is 6.92 Å². The maximum absolute atomic E-state index is 11.3. The minimum absolute atomic E-state index is 0.0985. The second-order valence-electron chi connectivity index (χ2n) is 5.58. The van der Waals surface area contributed by atoms with Crippen LogP contribution < -0.4 is 15.4 Å². The molecule has 0 rings (SSSR count). The average Bonchev–Trinajstić information content (AvgIpc) is 2.41. The van der Waals surface area contributed by atoms with E-state index in [1.165, 1.54) is 6.42 Å². The fourth-order valence-corrected chi connectivity index (χ4v) is 2.29. The molecule has 0 radical (unpaired) electrons. The first kappa shape index (κ1) is 20.2. The molecule has 0 spiro atoms. The summed E-state index contributed by atoms with van der Waals surface area (Å²) in [4.78, 5) is 4.39. The number of hydrogen-bond donors (Lipinski definition) is 3. The highest BCUT2D eigenvalue weighted by atomic mass is 32.2. The van der Waals surface area contributed by atoms with Crippen LogP contribution in [0.15, 0.2) is 4.99 Å². The third kappa shape index (κ3) is 11.5. The van der Waals surface area contributed by atoms with Crippen LogP contribution in [-0.2, 0) is 10.0 Å². The molecular formula is C14H32N4O2S. The van der Waals surface area contributed by atoms with Gasteiger partial charge in [-0.1, -0.05) is 13.8 Å². The van der Waals surface area contributed by atoms with Gasteiger partial charge in [0, 0.05) is 19.1 Å². The number of aliphatic imine (C=N–C) groups is 1. The van der Waals surface area contributed by atoms with Gasteiger partial charge >= 0.3 is 0 Å². The van der Waals surface area contributed by atoms with E-state index >= 15 is 0 Å². The lowest BCUT2D eigenvalue weighted by molar-refractivity contribution is 0.489. The van der Waals surface area contributed by atoms with Gasteiger partial charge < -0.3 is 10.6 Å². The fourth-order valence-electron chi connectivity index (χ4n) is 1.68. The summed E-state index contributed by atoms with van der Waals surface area (Å²) in [6.07, 6.45) is 2.26. The van der Waals surface area contributed by atoms with Crippen molar-refractivity contribution in [3.8, 4) is 0 Å². The fraction of sp³-hybridized carbons (Fsp3) is 0.929. The van der Waals surface area contributed by atoms with Gasteiger partial charge in [-0.15, -0.1) is 0 Å². The number of nitrogens with one attached hydrogen (secondary N) is 3. The molecule has 3 N–H and O–H groups in total. The predicted octanol–water partition coefficient (Wildman–Crippen LogP) is 1.31. The largest absolute Gasteiger partial charge is 0.357 e. The molecule has 0 aromatic heterocycles. The average molecular weight is 321 g/mol. The molecule has 6 nitrogen and oxygen atoms in total. The standard InChI is InChI=1S/C14H32N4O2S/c1-6-15-14(18-13(5)9-8-12(3)4)16-10-11-17-21(19,20)7-2/h12-13,17H,6-11H2,1-5H3,(H2,15,16,18). The summed E-state index contributed by atoms with van der Waals surface area (Å²) in [7, 11) is -3.13. The van der Waals surface area contributed by atoms with Crippen molar-refractivity contribution in [3.63, 3.8) is 0 Å². The molecular weight excluding hydrogens is 288 g/mol. The number of nitrogens with zero attached hydrogens (tertiary/aromatic N) is 1. The van der Waals surface area contributed by atoms with Gasteiger partial charge in [-0.25, -0.2) is 13.1 Å². The van der Waals surface area contributed by atoms with Crippen LogP contribution in [0.4, 0.5) is 0 Å². The predicted molar refractivity (Wildman–Crippen MR) is 90.1 cm³/mol. The molecule has 0 amide bonds. The zero-order valence-corrected chi connectivity index (χ0v) is 14.9. The van der Waals surface area contributed by atoms with Gasteiger partial charge in [-0.05, 0) is 39.5 Å². The van der Waals surface area contributed by atoms with E-state index in [0.29, 0.717) is 25.0 Å². The number of guanidine groups is 1. The molecule has 0 saturated carbocycles. The van der Waals surface area contributed by atoms with E-state index < -0.39 is 10.0 Å². The van der Waals surface area contributed by atoms with E-state index in [9.17, 15) is 8.42 Å². The highest BCUT2D eigenvalue weighted by Crippen LogP contribution is 2.06. The summed E-state index contributed by atoms with van der Waals surface area (Å²) in [5.74, 6) is 1.53. The van der Waals surface area contributed by atoms with Gasteiger partial charge in [0.05, 0.1) is 12.3 Å². The quantitative estimate of drug-likeness (QED) is 0.322. The van der Waals surface area contributed by atoms with Crippen LogP contribution in [0.1, 0.15) is 47.5 Å². The van der Waals surface area contributed by atoms with Crippen LogP contribution in [0, 0.1) is 5.92 Å². The normalized spacial score (nSPS) is 14.3. The molecule has 0 aromatic rings. The lowest BCUT2D eigenvalue weighted by atomic mass is 10.0. The second-order valence-corrected chi connectivity index (χ2v) is 7.67. The Bertz CT molecular complexity index is 394. The topological polar surface area (TPSA) is 82.6 Å². The van der Waals surface area contributed by atoms with Crippen LogP contribution >= 0.6 is 0 Å². The van der Waals surface area contributed by atoms with Gasteiger partial charge in [0.1, 0.15) is 0 Å². The highest BCUT2D eigenvalue weighted by molar-refractivity contribution is 7.89. The molecule has 21 heavy (non-hydrogen) atoms. The lowest BCUT2D eigenvalue weighted by Crippen LogP contribution is -2.42. The van der Waals surface area contributed by atoms with Crippen molar-refractivity contribution < 1.29 is 8.42 Å². The molecule has 7 heteroatoms. The van der Waals surface area contributed by atoms with Gasteiger partial charge in [0.15, 0.2) is 5.96 Å². The molecule has 0 aromatic carbocycles. The molecule has 0 aliphatic rings. The van der Waals surface area contributed by atoms with Crippen LogP contribution in [0.3, 0.4) is 0 Å². The van der Waals surface area contributed by atoms with Crippen molar-refractivity contribution in [1.82, 2.24) is 15.4 Å². The van der Waals surface area contributed by atoms with Crippen molar-refractivity contribution in [2.24, 2.45) is 10.9 Å². The Morgan fingerprint density at radius 3 is 2.33 bits per heavy atom. The van der Waals surface area contributed by atoms with Crippen LogP contribution in [0.5, 0.6) is 0 Å². The highest BCUT2D eigenvalue weighted by Gasteiger charge is 2.07. The Labute approximate surface area is 130 Å². The van der Waals surface area contributed by atoms with E-state index in [0.717, 1.165) is 18.9 Å². The summed E-state index contributed by atoms with van der Waals surface area (Å²) < 4.78 is 25.1. The molecule has 1 unspecified atom stereocenters. The van der Waals surface area contributed by atoms with Crippen LogP contribution in [0.25, 0.3) is 0 Å². The maximum Gasteiger partial charge on any atom is 0.211 e. The van der Waals surface area contributed by atoms with Crippen molar-refractivity contribution >= 4 is 16.0 Å². The van der Waals surface area contributed by atoms with Crippen LogP contribution in [-0.4, -0.2) is 45.8 Å². The monoisotopic (exact) mass is 320 g/mol. The van der Waals surface area contributed by atoms with E-state index in [4.69, 9.17) is 0 Å². The van der Waals surface area contributed by atoms with Gasteiger partial charge in [0.2, 0.25) is 10.0 Å². The van der Waals surface area contributed by atoms with Crippen molar-refractivity contribution in [2.75, 3.05) is 25.4 Å². The summed E-state index contributed by atoms with van der Waals surface area (Å²) in [6, 6.07) is 0.345. The minimum atomic E-state index is -3.13. The lowest BCUT2D eigenvalue weighted by Gasteiger charge is -2.18. The Hall–Kier alpha value is -0.820. The van der Waals surface area contributed by atoms with Gasteiger partial charge in [-0.2, -0.15) is 0 Å². The van der Waals surface area contributed by atoms with E-state index in [1.54, 1.807) is 6.92 Å². The van der Waals surface area contributed by atoms with Gasteiger partial charge in [0.25, 0.3) is 0 Å². The molecule has 0 saturated heterocycles. The first-order valence-corrected chi connectivity index (χ1v) is 9.48. The van der Waals surface area contributed by atoms with Crippen molar-refractivity contribution in [2.45, 2.75) is 53.5 Å². The molecule has 0 aliphatic heterocycles. The van der Waals surface area contributed by atoms with Gasteiger partial charge in [-0.3, -0.25) is 4.99 Å². The van der Waals surface area contributed by atoms with Crippen molar-refractivity contribution in [1.29, 1.82) is 0 Å². The molecule has 1 atom stereocenters. The Morgan fingerprint density at radius 1 is 1.14 bits per heavy atom. The molecule has 0 aliphatic carbocycles. The number of hydrogen-bond acceptors (Lipinski definition) is 3. The third-order valence-corrected chi connectivity index (χ3v) is 4.39. The summed E-state index contributed by atoms with van der Waals surface area (Å²) in [6.45, 7) is 11.7. The van der Waals surface area contributed by atoms with E-state index in [2.05, 4.69) is 41.1 Å². The molecule has 126 valence electrons. The first-order valence-electron chi connectivity index (χ1n) is 7.82. The van der Waals surface area contributed by atoms with E-state index in [-0.39, 0.29) is 5.75 Å². The molecule has 0 bridgehead atoms. The summed E-state index contributed by atoms with van der Waals surface area (Å²) in [5.41, 5.74) is 0. The smallest absolute Gasteiger partial charge is 0.211 e. The maximum atomic E-state index is 11.3. The second kappa shape index (κ2) is 10.8. The zero-order chi connectivity index (χ0) is 16.3. The number of sulfonamides is 1. The Morgan fingerprint density at radius 2 is 1.81 bits per heavy atom. The molecule has 0 heterocycles. The molecule has 0 fully saturated rings. The summed E-state index contributed by atoms with van der Waals surface area (Å²) in [5, 5.41) is 6.52. The van der Waals surface area contributed by atoms with Crippen LogP contribution in [0.2, 0.25) is 0 Å². The first-order chi connectivity index (χ1) is 9.80. The zero-order valence-electron chi connectivity index (χ0n) is 14.1. The van der Waals surface area contributed by atoms with Crippen molar-refractivity contribution in [3.05, 3.63) is 0 Å². The minimum Gasteiger partial charge on any atom is -0.357 e. The third-order valence-electron chi connectivity index (χ3n) is 2.99. The number of rotatable bonds is 10. The SMILES string of the molecule is CCNC(=NCCNS(=O)(=O)CC)NC(C)CCC(C)C.